The summed E-state index contributed by atoms with van der Waals surface area (Å²) >= 11 is 0. The van der Waals surface area contributed by atoms with Crippen LogP contribution in [0.4, 0.5) is 5.69 Å². The molecule has 0 radical (unpaired) electrons. The van der Waals surface area contributed by atoms with Gasteiger partial charge < -0.3 is 19.6 Å². The van der Waals surface area contributed by atoms with Gasteiger partial charge in [-0.2, -0.15) is 0 Å². The maximum absolute atomic E-state index is 13.4. The van der Waals surface area contributed by atoms with Gasteiger partial charge in [0.2, 0.25) is 5.88 Å². The quantitative estimate of drug-likeness (QED) is 0.392. The number of ketones is 1. The molecule has 3 heterocycles. The van der Waals surface area contributed by atoms with Crippen molar-refractivity contribution < 1.29 is 19.4 Å². The van der Waals surface area contributed by atoms with Crippen molar-refractivity contribution in [2.75, 3.05) is 25.1 Å². The van der Waals surface area contributed by atoms with Crippen molar-refractivity contribution in [1.29, 1.82) is 0 Å². The maximum atomic E-state index is 13.4. The fourth-order valence-corrected chi connectivity index (χ4v) is 6.02. The van der Waals surface area contributed by atoms with E-state index in [0.717, 1.165) is 51.6 Å². The number of benzene rings is 1. The molecule has 1 aliphatic carbocycles. The molecule has 1 amide bonds. The second-order valence-corrected chi connectivity index (χ2v) is 9.79. The summed E-state index contributed by atoms with van der Waals surface area (Å²) in [7, 11) is 1.53. The van der Waals surface area contributed by atoms with E-state index in [-0.39, 0.29) is 29.3 Å². The molecule has 1 saturated carbocycles. The Hall–Kier alpha value is -3.35. The minimum absolute atomic E-state index is 0.0161. The second-order valence-electron chi connectivity index (χ2n) is 9.79. The lowest BCUT2D eigenvalue weighted by molar-refractivity contribution is -0.142. The van der Waals surface area contributed by atoms with Gasteiger partial charge in [0.15, 0.2) is 0 Å². The van der Waals surface area contributed by atoms with Crippen LogP contribution in [0.25, 0.3) is 5.76 Å². The summed E-state index contributed by atoms with van der Waals surface area (Å²) < 4.78 is 5.12. The first-order valence-electron chi connectivity index (χ1n) is 12.7. The highest BCUT2D eigenvalue weighted by Gasteiger charge is 2.51. The van der Waals surface area contributed by atoms with Gasteiger partial charge in [-0.1, -0.05) is 37.5 Å². The van der Waals surface area contributed by atoms with Crippen molar-refractivity contribution in [1.82, 2.24) is 9.88 Å². The first-order chi connectivity index (χ1) is 17.1. The molecule has 2 saturated heterocycles. The van der Waals surface area contributed by atoms with Gasteiger partial charge in [-0.05, 0) is 49.8 Å². The zero-order chi connectivity index (χ0) is 24.4. The number of carbonyl (C=O) groups is 2. The van der Waals surface area contributed by atoms with E-state index in [1.165, 1.54) is 25.4 Å². The van der Waals surface area contributed by atoms with Crippen LogP contribution in [0.1, 0.15) is 50.5 Å². The van der Waals surface area contributed by atoms with Crippen LogP contribution in [0, 0.1) is 5.92 Å². The van der Waals surface area contributed by atoms with E-state index >= 15 is 0 Å². The van der Waals surface area contributed by atoms with Crippen molar-refractivity contribution in [3.8, 4) is 5.88 Å². The summed E-state index contributed by atoms with van der Waals surface area (Å²) in [6.07, 6.45) is 8.37. The number of nitrogens with zero attached hydrogens (tertiary/aromatic N) is 3. The predicted molar refractivity (Wildman–Crippen MR) is 134 cm³/mol. The molecule has 1 aromatic carbocycles. The number of rotatable bonds is 5. The number of anilines is 1. The minimum Gasteiger partial charge on any atom is -0.507 e. The number of aliphatic hydroxyl groups is 1. The fraction of sp³-hybridized carbons (Fsp3) is 0.464. The number of hydrogen-bond donors (Lipinski definition) is 1. The Balaban J connectivity index is 1.46. The van der Waals surface area contributed by atoms with Crippen LogP contribution in [0.5, 0.6) is 5.88 Å². The zero-order valence-electron chi connectivity index (χ0n) is 20.2. The first-order valence-corrected chi connectivity index (χ1v) is 12.7. The third-order valence-electron chi connectivity index (χ3n) is 7.82. The third-order valence-corrected chi connectivity index (χ3v) is 7.82. The van der Waals surface area contributed by atoms with Crippen LogP contribution >= 0.6 is 0 Å². The van der Waals surface area contributed by atoms with E-state index in [1.54, 1.807) is 12.1 Å². The van der Waals surface area contributed by atoms with Gasteiger partial charge >= 0.3 is 0 Å². The highest BCUT2D eigenvalue weighted by molar-refractivity contribution is 6.46. The van der Waals surface area contributed by atoms with Gasteiger partial charge in [0.05, 0.1) is 18.7 Å². The highest BCUT2D eigenvalue weighted by atomic mass is 16.5. The average molecular weight is 476 g/mol. The second kappa shape index (κ2) is 10.1. The Kier molecular flexibility index (Phi) is 6.75. The fourth-order valence-electron chi connectivity index (χ4n) is 6.02. The van der Waals surface area contributed by atoms with E-state index in [2.05, 4.69) is 22.0 Å². The zero-order valence-corrected chi connectivity index (χ0v) is 20.2. The van der Waals surface area contributed by atoms with E-state index in [1.807, 2.05) is 23.1 Å². The molecule has 5 rings (SSSR count). The lowest BCUT2D eigenvalue weighted by Crippen LogP contribution is -2.51. The molecule has 1 atom stereocenters. The molecule has 7 nitrogen and oxygen atoms in total. The summed E-state index contributed by atoms with van der Waals surface area (Å²) in [5, 5.41) is 11.3. The Morgan fingerprint density at radius 2 is 1.69 bits per heavy atom. The summed E-state index contributed by atoms with van der Waals surface area (Å²) in [6, 6.07) is 13.2. The lowest BCUT2D eigenvalue weighted by Gasteiger charge is -2.42. The number of Topliss-reactive ketones (excluding diaryl/α,β-unsaturated/α-hetero) is 1. The largest absolute Gasteiger partial charge is 0.507 e. The molecule has 3 aliphatic rings. The highest BCUT2D eigenvalue weighted by Crippen LogP contribution is 2.41. The van der Waals surface area contributed by atoms with E-state index < -0.39 is 11.7 Å². The summed E-state index contributed by atoms with van der Waals surface area (Å²) in [6.45, 7) is 1.66. The van der Waals surface area contributed by atoms with Crippen LogP contribution in [-0.4, -0.2) is 59.0 Å². The Morgan fingerprint density at radius 3 is 2.31 bits per heavy atom. The van der Waals surface area contributed by atoms with Crippen molar-refractivity contribution in [2.24, 2.45) is 5.92 Å². The minimum atomic E-state index is -0.570. The summed E-state index contributed by atoms with van der Waals surface area (Å²) in [4.78, 5) is 35.2. The predicted octanol–water partition coefficient (Wildman–Crippen LogP) is 4.39. The molecule has 0 bridgehead atoms. The van der Waals surface area contributed by atoms with Gasteiger partial charge in [0, 0.05) is 42.6 Å². The molecule has 35 heavy (non-hydrogen) atoms. The molecular weight excluding hydrogens is 442 g/mol. The number of likely N-dealkylation sites (tertiary alicyclic amines) is 1. The third kappa shape index (κ3) is 4.51. The Bertz CT molecular complexity index is 1080. The van der Waals surface area contributed by atoms with E-state index in [0.29, 0.717) is 11.4 Å². The number of aliphatic hydroxyl groups excluding tert-OH is 1. The van der Waals surface area contributed by atoms with Crippen molar-refractivity contribution in [3.05, 3.63) is 59.8 Å². The van der Waals surface area contributed by atoms with Crippen LogP contribution in [0.15, 0.2) is 54.2 Å². The maximum Gasteiger partial charge on any atom is 0.295 e. The number of para-hydroxylation sites is 1. The molecule has 2 aromatic rings. The SMILES string of the molecule is COc1ccc(C(O)=C2C(=O)C(=O)N(C3CCN(c4ccccc4)CC3)C2C2CCCCC2)cn1. The summed E-state index contributed by atoms with van der Waals surface area (Å²) in [5.41, 5.74) is 1.87. The molecule has 0 spiro atoms. The average Bonchev–Trinajstić information content (AvgIpc) is 3.19. The van der Waals surface area contributed by atoms with Crippen LogP contribution < -0.4 is 9.64 Å². The molecule has 2 aliphatic heterocycles. The first kappa shape index (κ1) is 23.4. The van der Waals surface area contributed by atoms with Gasteiger partial charge in [-0.15, -0.1) is 0 Å². The number of amides is 1. The van der Waals surface area contributed by atoms with Crippen molar-refractivity contribution in [3.63, 3.8) is 0 Å². The van der Waals surface area contributed by atoms with Crippen molar-refractivity contribution in [2.45, 2.75) is 57.0 Å². The molecular formula is C28H33N3O4. The monoisotopic (exact) mass is 475 g/mol. The number of hydrogen-bond acceptors (Lipinski definition) is 6. The Labute approximate surface area is 206 Å². The normalized spacial score (nSPS) is 23.6. The van der Waals surface area contributed by atoms with Crippen LogP contribution in [-0.2, 0) is 9.59 Å². The van der Waals surface area contributed by atoms with E-state index in [9.17, 15) is 14.7 Å². The van der Waals surface area contributed by atoms with Gasteiger partial charge in [-0.25, -0.2) is 4.98 Å². The smallest absolute Gasteiger partial charge is 0.295 e. The summed E-state index contributed by atoms with van der Waals surface area (Å²) in [5.74, 6) is -0.565. The number of ether oxygens (including phenoxy) is 1. The van der Waals surface area contributed by atoms with Crippen LogP contribution in [0.3, 0.4) is 0 Å². The molecule has 184 valence electrons. The molecule has 7 heteroatoms. The number of aromatic nitrogens is 1. The number of carbonyl (C=O) groups excluding carboxylic acids is 2. The number of piperidine rings is 1. The molecule has 1 N–H and O–H groups in total. The van der Waals surface area contributed by atoms with Gasteiger partial charge in [0.25, 0.3) is 11.7 Å². The lowest BCUT2D eigenvalue weighted by atomic mass is 9.80. The molecule has 3 fully saturated rings. The standard InChI is InChI=1S/C28H33N3O4/c1-35-23-13-12-20(18-29-23)26(32)24-25(19-8-4-2-5-9-19)31(28(34)27(24)33)22-14-16-30(17-15-22)21-10-6-3-7-11-21/h3,6-7,10-13,18-19,22,25,32H,2,4-5,8-9,14-17H2,1H3. The topological polar surface area (TPSA) is 83.0 Å². The van der Waals surface area contributed by atoms with Gasteiger partial charge in [-0.3, -0.25) is 9.59 Å². The van der Waals surface area contributed by atoms with Crippen LogP contribution in [0.2, 0.25) is 0 Å². The molecule has 1 aromatic heterocycles. The Morgan fingerprint density at radius 1 is 0.971 bits per heavy atom. The number of pyridine rings is 1. The van der Waals surface area contributed by atoms with Crippen molar-refractivity contribution >= 4 is 23.1 Å². The van der Waals surface area contributed by atoms with E-state index in [4.69, 9.17) is 4.74 Å². The number of methoxy groups -OCH3 is 1. The molecule has 1 unspecified atom stereocenters. The van der Waals surface area contributed by atoms with Gasteiger partial charge in [0.1, 0.15) is 5.76 Å².